The second-order valence-corrected chi connectivity index (χ2v) is 11.9. The molecule has 1 aliphatic rings. The molecule has 1 aromatic heterocycles. The molecule has 7 nitrogen and oxygen atoms in total. The van der Waals surface area contributed by atoms with Crippen molar-refractivity contribution in [2.24, 2.45) is 0 Å². The number of hydrogen-bond acceptors (Lipinski definition) is 7. The number of nitrogens with one attached hydrogen (secondary N) is 1. The summed E-state index contributed by atoms with van der Waals surface area (Å²) in [5.74, 6) is -1.07. The number of nitrogens with zero attached hydrogens (tertiary/aromatic N) is 3. The first-order valence-corrected chi connectivity index (χ1v) is 13.7. The first-order valence-electron chi connectivity index (χ1n) is 10.1. The Balaban J connectivity index is 1.21. The van der Waals surface area contributed by atoms with Crippen molar-refractivity contribution in [2.45, 2.75) is 4.90 Å². The number of amides is 1. The Kier molecular flexibility index (Phi) is 7.36. The molecule has 1 fully saturated rings. The van der Waals surface area contributed by atoms with Crippen molar-refractivity contribution in [3.63, 3.8) is 0 Å². The van der Waals surface area contributed by atoms with E-state index in [-0.39, 0.29) is 4.90 Å². The molecule has 2 heterocycles. The van der Waals surface area contributed by atoms with E-state index in [0.717, 1.165) is 46.0 Å². The minimum absolute atomic E-state index is 0.0929. The molecule has 3 aromatic rings. The van der Waals surface area contributed by atoms with Crippen LogP contribution in [-0.4, -0.2) is 69.2 Å². The minimum atomic E-state index is -3.68. The molecule has 0 aliphatic carbocycles. The SMILES string of the molecule is O=C(CS(=O)(=O)c1ccc(Cl)cc1)NCCN1CCN(c2nc3ccc(Br)cc3s2)CC1. The van der Waals surface area contributed by atoms with Gasteiger partial charge < -0.3 is 10.2 Å². The van der Waals surface area contributed by atoms with E-state index < -0.39 is 21.5 Å². The number of sulfone groups is 1. The Morgan fingerprint density at radius 3 is 2.56 bits per heavy atom. The van der Waals surface area contributed by atoms with Crippen LogP contribution in [0.5, 0.6) is 0 Å². The highest BCUT2D eigenvalue weighted by atomic mass is 79.9. The molecular weight excluding hydrogens is 536 g/mol. The van der Waals surface area contributed by atoms with Crippen LogP contribution >= 0.6 is 38.9 Å². The van der Waals surface area contributed by atoms with Gasteiger partial charge in [-0.3, -0.25) is 9.69 Å². The minimum Gasteiger partial charge on any atom is -0.354 e. The zero-order valence-electron chi connectivity index (χ0n) is 17.1. The van der Waals surface area contributed by atoms with Gasteiger partial charge in [-0.15, -0.1) is 0 Å². The van der Waals surface area contributed by atoms with Crippen LogP contribution in [0.1, 0.15) is 0 Å². The number of thiazole rings is 1. The molecular formula is C21H22BrClN4O3S2. The van der Waals surface area contributed by atoms with Gasteiger partial charge in [-0.2, -0.15) is 0 Å². The number of piperazine rings is 1. The van der Waals surface area contributed by atoms with Crippen molar-refractivity contribution >= 4 is 70.0 Å². The third-order valence-corrected chi connectivity index (χ3v) is 8.68. The third-order valence-electron chi connectivity index (χ3n) is 5.23. The Bertz CT molecular complexity index is 1210. The zero-order valence-corrected chi connectivity index (χ0v) is 21.1. The molecule has 0 atom stereocenters. The van der Waals surface area contributed by atoms with Gasteiger partial charge in [0.1, 0.15) is 5.75 Å². The second-order valence-electron chi connectivity index (χ2n) is 7.50. The van der Waals surface area contributed by atoms with E-state index in [1.807, 2.05) is 12.1 Å². The number of fused-ring (bicyclic) bond motifs is 1. The smallest absolute Gasteiger partial charge is 0.235 e. The van der Waals surface area contributed by atoms with Gasteiger partial charge in [-0.25, -0.2) is 13.4 Å². The maximum Gasteiger partial charge on any atom is 0.235 e. The molecule has 32 heavy (non-hydrogen) atoms. The van der Waals surface area contributed by atoms with Gasteiger partial charge in [-0.05, 0) is 42.5 Å². The van der Waals surface area contributed by atoms with Crippen LogP contribution < -0.4 is 10.2 Å². The summed E-state index contributed by atoms with van der Waals surface area (Å²) >= 11 is 11.0. The zero-order chi connectivity index (χ0) is 22.7. The molecule has 1 aliphatic heterocycles. The first-order chi connectivity index (χ1) is 15.3. The average Bonchev–Trinajstić information content (AvgIpc) is 3.17. The Morgan fingerprint density at radius 1 is 1.12 bits per heavy atom. The summed E-state index contributed by atoms with van der Waals surface area (Å²) in [5.41, 5.74) is 1.01. The number of carbonyl (C=O) groups excluding carboxylic acids is 1. The van der Waals surface area contributed by atoms with Crippen molar-refractivity contribution in [1.29, 1.82) is 0 Å². The second kappa shape index (κ2) is 10.0. The molecule has 1 N–H and O–H groups in total. The summed E-state index contributed by atoms with van der Waals surface area (Å²) in [4.78, 5) is 21.5. The maximum absolute atomic E-state index is 12.3. The summed E-state index contributed by atoms with van der Waals surface area (Å²) < 4.78 is 26.9. The lowest BCUT2D eigenvalue weighted by Gasteiger charge is -2.34. The first kappa shape index (κ1) is 23.4. The lowest BCUT2D eigenvalue weighted by molar-refractivity contribution is -0.118. The lowest BCUT2D eigenvalue weighted by Crippen LogP contribution is -2.48. The van der Waals surface area contributed by atoms with Gasteiger partial charge in [0.25, 0.3) is 0 Å². The van der Waals surface area contributed by atoms with Crippen molar-refractivity contribution in [1.82, 2.24) is 15.2 Å². The molecule has 0 bridgehead atoms. The van der Waals surface area contributed by atoms with Crippen LogP contribution in [0.25, 0.3) is 10.2 Å². The monoisotopic (exact) mass is 556 g/mol. The van der Waals surface area contributed by atoms with Gasteiger partial charge in [-0.1, -0.05) is 38.9 Å². The van der Waals surface area contributed by atoms with Crippen molar-refractivity contribution in [2.75, 3.05) is 49.9 Å². The summed E-state index contributed by atoms with van der Waals surface area (Å²) in [5, 5.41) is 4.19. The van der Waals surface area contributed by atoms with E-state index in [1.165, 1.54) is 24.3 Å². The van der Waals surface area contributed by atoms with Gasteiger partial charge >= 0.3 is 0 Å². The average molecular weight is 558 g/mol. The third kappa shape index (κ3) is 5.79. The highest BCUT2D eigenvalue weighted by Crippen LogP contribution is 2.31. The molecule has 2 aromatic carbocycles. The van der Waals surface area contributed by atoms with Crippen LogP contribution in [0.3, 0.4) is 0 Å². The summed E-state index contributed by atoms with van der Waals surface area (Å²) in [7, 11) is -3.68. The quantitative estimate of drug-likeness (QED) is 0.479. The number of halogens is 2. The number of carbonyl (C=O) groups is 1. The van der Waals surface area contributed by atoms with E-state index in [2.05, 4.69) is 37.1 Å². The van der Waals surface area contributed by atoms with Gasteiger partial charge in [0.05, 0.1) is 15.1 Å². The number of aromatic nitrogens is 1. The van der Waals surface area contributed by atoms with Crippen LogP contribution in [-0.2, 0) is 14.6 Å². The molecule has 0 radical (unpaired) electrons. The van der Waals surface area contributed by atoms with E-state index >= 15 is 0 Å². The largest absolute Gasteiger partial charge is 0.354 e. The highest BCUT2D eigenvalue weighted by molar-refractivity contribution is 9.10. The summed E-state index contributed by atoms with van der Waals surface area (Å²) in [6.45, 7) is 4.52. The van der Waals surface area contributed by atoms with Crippen LogP contribution in [0.15, 0.2) is 51.8 Å². The number of rotatable bonds is 7. The fourth-order valence-corrected chi connectivity index (χ4v) is 6.35. The molecule has 0 unspecified atom stereocenters. The molecule has 4 rings (SSSR count). The molecule has 170 valence electrons. The van der Waals surface area contributed by atoms with Crippen molar-refractivity contribution in [3.05, 3.63) is 52.0 Å². The van der Waals surface area contributed by atoms with E-state index in [9.17, 15) is 13.2 Å². The van der Waals surface area contributed by atoms with Gasteiger partial charge in [0.15, 0.2) is 15.0 Å². The highest BCUT2D eigenvalue weighted by Gasteiger charge is 2.21. The number of benzene rings is 2. The number of hydrogen-bond donors (Lipinski definition) is 1. The Morgan fingerprint density at radius 2 is 1.84 bits per heavy atom. The van der Waals surface area contributed by atoms with E-state index in [1.54, 1.807) is 11.3 Å². The van der Waals surface area contributed by atoms with Gasteiger partial charge in [0, 0.05) is 48.8 Å². The standard InChI is InChI=1S/C21H22BrClN4O3S2/c22-15-1-6-18-19(13-15)31-21(25-18)27-11-9-26(10-12-27)8-7-24-20(28)14-32(29,30)17-4-2-16(23)3-5-17/h1-6,13H,7-12,14H2,(H,24,28). The fourth-order valence-electron chi connectivity index (χ4n) is 3.49. The molecule has 0 spiro atoms. The van der Waals surface area contributed by atoms with Crippen LogP contribution in [0.4, 0.5) is 5.13 Å². The van der Waals surface area contributed by atoms with Crippen molar-refractivity contribution in [3.8, 4) is 0 Å². The Hall–Kier alpha value is -1.72. The predicted octanol–water partition coefficient (Wildman–Crippen LogP) is 3.42. The van der Waals surface area contributed by atoms with Gasteiger partial charge in [0.2, 0.25) is 5.91 Å². The normalized spacial score (nSPS) is 15.2. The van der Waals surface area contributed by atoms with E-state index in [4.69, 9.17) is 16.6 Å². The maximum atomic E-state index is 12.3. The molecule has 11 heteroatoms. The van der Waals surface area contributed by atoms with Crippen LogP contribution in [0.2, 0.25) is 5.02 Å². The summed E-state index contributed by atoms with van der Waals surface area (Å²) in [6, 6.07) is 11.9. The molecule has 1 amide bonds. The molecule has 1 saturated heterocycles. The predicted molar refractivity (Wildman–Crippen MR) is 132 cm³/mol. The fraction of sp³-hybridized carbons (Fsp3) is 0.333. The lowest BCUT2D eigenvalue weighted by atomic mass is 10.3. The topological polar surface area (TPSA) is 82.6 Å². The molecule has 0 saturated carbocycles. The number of anilines is 1. The Labute approximate surface area is 204 Å². The van der Waals surface area contributed by atoms with Crippen LogP contribution in [0, 0.1) is 0 Å². The van der Waals surface area contributed by atoms with E-state index in [0.29, 0.717) is 18.1 Å². The summed E-state index contributed by atoms with van der Waals surface area (Å²) in [6.07, 6.45) is 0. The van der Waals surface area contributed by atoms with Crippen molar-refractivity contribution < 1.29 is 13.2 Å².